The fourth-order valence-corrected chi connectivity index (χ4v) is 6.63. The second-order valence-electron chi connectivity index (χ2n) is 8.84. The highest BCUT2D eigenvalue weighted by Crippen LogP contribution is 2.65. The normalized spacial score (nSPS) is 57.6. The lowest BCUT2D eigenvalue weighted by Gasteiger charge is -2.58. The molecule has 4 aliphatic rings. The first kappa shape index (κ1) is 15.1. The van der Waals surface area contributed by atoms with Crippen molar-refractivity contribution in [2.45, 2.75) is 77.2 Å². The van der Waals surface area contributed by atoms with E-state index in [0.29, 0.717) is 12.3 Å². The van der Waals surface area contributed by atoms with Crippen LogP contribution >= 0.6 is 0 Å². The number of allylic oxidation sites excluding steroid dienone is 1. The van der Waals surface area contributed by atoms with Crippen LogP contribution in [-0.4, -0.2) is 28.6 Å². The summed E-state index contributed by atoms with van der Waals surface area (Å²) in [7, 11) is 0. The summed E-state index contributed by atoms with van der Waals surface area (Å²) in [5.74, 6) is 0.696. The van der Waals surface area contributed by atoms with E-state index in [2.05, 4.69) is 13.0 Å². The van der Waals surface area contributed by atoms with Crippen LogP contribution in [0.5, 0.6) is 0 Å². The lowest BCUT2D eigenvalue weighted by Crippen LogP contribution is -2.54. The second-order valence-corrected chi connectivity index (χ2v) is 8.84. The summed E-state index contributed by atoms with van der Waals surface area (Å²) in [6.07, 6.45) is 6.85. The Morgan fingerprint density at radius 1 is 1.14 bits per heavy atom. The third kappa shape index (κ3) is 1.78. The smallest absolute Gasteiger partial charge is 0.127 e. The molecular formula is C19H29FO2. The van der Waals surface area contributed by atoms with Gasteiger partial charge in [-0.15, -0.1) is 0 Å². The number of fused-ring (bicyclic) bond motifs is 5. The maximum atomic E-state index is 14.2. The summed E-state index contributed by atoms with van der Waals surface area (Å²) in [6, 6.07) is 0. The average Bonchev–Trinajstić information content (AvgIpc) is 2.71. The topological polar surface area (TPSA) is 40.5 Å². The van der Waals surface area contributed by atoms with Gasteiger partial charge < -0.3 is 10.2 Å². The Morgan fingerprint density at radius 2 is 1.91 bits per heavy atom. The molecule has 0 radical (unpaired) electrons. The van der Waals surface area contributed by atoms with Crippen LogP contribution in [0.3, 0.4) is 0 Å². The van der Waals surface area contributed by atoms with Gasteiger partial charge in [0.1, 0.15) is 6.17 Å². The molecule has 0 saturated heterocycles. The monoisotopic (exact) mass is 308 g/mol. The first-order valence-corrected chi connectivity index (χ1v) is 9.09. The Labute approximate surface area is 132 Å². The van der Waals surface area contributed by atoms with Gasteiger partial charge in [0.05, 0.1) is 12.2 Å². The lowest BCUT2D eigenvalue weighted by atomic mass is 9.47. The molecule has 3 fully saturated rings. The van der Waals surface area contributed by atoms with Crippen molar-refractivity contribution >= 4 is 0 Å². The zero-order valence-electron chi connectivity index (χ0n) is 13.8. The van der Waals surface area contributed by atoms with Gasteiger partial charge in [-0.25, -0.2) is 4.39 Å². The van der Waals surface area contributed by atoms with Crippen LogP contribution in [0.25, 0.3) is 0 Å². The van der Waals surface area contributed by atoms with E-state index in [1.54, 1.807) is 0 Å². The third-order valence-corrected chi connectivity index (χ3v) is 7.98. The molecule has 4 aliphatic carbocycles. The van der Waals surface area contributed by atoms with Crippen LogP contribution in [0.15, 0.2) is 11.6 Å². The molecule has 0 aliphatic heterocycles. The summed E-state index contributed by atoms with van der Waals surface area (Å²) in [5.41, 5.74) is 1.30. The van der Waals surface area contributed by atoms with Gasteiger partial charge in [-0.05, 0) is 67.1 Å². The van der Waals surface area contributed by atoms with Crippen molar-refractivity contribution in [3.63, 3.8) is 0 Å². The predicted octanol–water partition coefficient (Wildman–Crippen LogP) is 3.62. The molecule has 0 unspecified atom stereocenters. The van der Waals surface area contributed by atoms with Crippen LogP contribution in [0.1, 0.15) is 58.8 Å². The molecule has 0 aromatic heterocycles. The van der Waals surface area contributed by atoms with Crippen molar-refractivity contribution in [3.05, 3.63) is 11.6 Å². The maximum Gasteiger partial charge on any atom is 0.127 e. The van der Waals surface area contributed by atoms with E-state index < -0.39 is 18.4 Å². The van der Waals surface area contributed by atoms with E-state index >= 15 is 0 Å². The average molecular weight is 308 g/mol. The molecule has 124 valence electrons. The SMILES string of the molecule is C[C@]12CC[C@H]3[C@@H]([C@H](O)C=C4CCCC[C@@]43C)[C@@H]1C[C@@H](F)[C@@H]2O. The highest BCUT2D eigenvalue weighted by Gasteiger charge is 2.62. The molecule has 22 heavy (non-hydrogen) atoms. The zero-order chi connectivity index (χ0) is 15.7. The maximum absolute atomic E-state index is 14.2. The van der Waals surface area contributed by atoms with Gasteiger partial charge in [0, 0.05) is 0 Å². The van der Waals surface area contributed by atoms with Crippen LogP contribution in [0.4, 0.5) is 4.39 Å². The van der Waals surface area contributed by atoms with E-state index in [1.807, 2.05) is 6.92 Å². The Hall–Kier alpha value is -0.410. The minimum absolute atomic E-state index is 0.114. The number of aliphatic hydroxyl groups is 2. The van der Waals surface area contributed by atoms with Crippen molar-refractivity contribution in [2.75, 3.05) is 0 Å². The van der Waals surface area contributed by atoms with Gasteiger partial charge in [-0.2, -0.15) is 0 Å². The summed E-state index contributed by atoms with van der Waals surface area (Å²) < 4.78 is 14.2. The molecule has 3 heteroatoms. The Kier molecular flexibility index (Phi) is 3.30. The van der Waals surface area contributed by atoms with Gasteiger partial charge in [-0.1, -0.05) is 31.9 Å². The fraction of sp³-hybridized carbons (Fsp3) is 0.895. The first-order chi connectivity index (χ1) is 10.4. The van der Waals surface area contributed by atoms with E-state index in [-0.39, 0.29) is 22.7 Å². The molecular weight excluding hydrogens is 279 g/mol. The van der Waals surface area contributed by atoms with Crippen molar-refractivity contribution in [1.82, 2.24) is 0 Å². The number of alkyl halides is 1. The molecule has 0 aromatic rings. The Bertz CT molecular complexity index is 504. The first-order valence-electron chi connectivity index (χ1n) is 9.09. The molecule has 2 nitrogen and oxygen atoms in total. The molecule has 0 amide bonds. The third-order valence-electron chi connectivity index (χ3n) is 7.98. The molecule has 0 heterocycles. The molecule has 3 saturated carbocycles. The van der Waals surface area contributed by atoms with Crippen LogP contribution in [0.2, 0.25) is 0 Å². The fourth-order valence-electron chi connectivity index (χ4n) is 6.63. The second kappa shape index (κ2) is 4.80. The number of aliphatic hydroxyl groups excluding tert-OH is 2. The molecule has 8 atom stereocenters. The highest BCUT2D eigenvalue weighted by molar-refractivity contribution is 5.27. The number of hydrogen-bond acceptors (Lipinski definition) is 2. The van der Waals surface area contributed by atoms with E-state index in [0.717, 1.165) is 19.3 Å². The van der Waals surface area contributed by atoms with Crippen LogP contribution < -0.4 is 0 Å². The Morgan fingerprint density at radius 3 is 2.68 bits per heavy atom. The van der Waals surface area contributed by atoms with Gasteiger partial charge >= 0.3 is 0 Å². The van der Waals surface area contributed by atoms with Crippen LogP contribution in [0, 0.1) is 28.6 Å². The van der Waals surface area contributed by atoms with Crippen molar-refractivity contribution in [3.8, 4) is 0 Å². The summed E-state index contributed by atoms with van der Waals surface area (Å²) in [4.78, 5) is 0. The largest absolute Gasteiger partial charge is 0.390 e. The van der Waals surface area contributed by atoms with Crippen molar-refractivity contribution < 1.29 is 14.6 Å². The molecule has 4 rings (SSSR count). The Balaban J connectivity index is 1.75. The molecule has 0 aromatic carbocycles. The van der Waals surface area contributed by atoms with Crippen molar-refractivity contribution in [1.29, 1.82) is 0 Å². The summed E-state index contributed by atoms with van der Waals surface area (Å²) in [6.45, 7) is 4.43. The number of rotatable bonds is 0. The minimum Gasteiger partial charge on any atom is -0.390 e. The standard InChI is InChI=1S/C19H29FO2/c1-18-7-4-3-5-11(18)9-15(21)16-12(18)6-8-19(2)13(16)10-14(20)17(19)22/h9,12-17,21-22H,3-8,10H2,1-2H3/t12-,13-,14+,15+,16+,17-,18-,19-/m0/s1. The van der Waals surface area contributed by atoms with Gasteiger partial charge in [-0.3, -0.25) is 0 Å². The van der Waals surface area contributed by atoms with Gasteiger partial charge in [0.25, 0.3) is 0 Å². The van der Waals surface area contributed by atoms with Gasteiger partial charge in [0.2, 0.25) is 0 Å². The van der Waals surface area contributed by atoms with E-state index in [1.165, 1.54) is 24.8 Å². The molecule has 0 spiro atoms. The van der Waals surface area contributed by atoms with Crippen LogP contribution in [-0.2, 0) is 0 Å². The zero-order valence-corrected chi connectivity index (χ0v) is 13.8. The highest BCUT2D eigenvalue weighted by atomic mass is 19.1. The quantitative estimate of drug-likeness (QED) is 0.671. The predicted molar refractivity (Wildman–Crippen MR) is 84.0 cm³/mol. The van der Waals surface area contributed by atoms with E-state index in [4.69, 9.17) is 0 Å². The van der Waals surface area contributed by atoms with E-state index in [9.17, 15) is 14.6 Å². The minimum atomic E-state index is -1.12. The number of hydrogen-bond donors (Lipinski definition) is 2. The van der Waals surface area contributed by atoms with Gasteiger partial charge in [0.15, 0.2) is 0 Å². The number of halogens is 1. The summed E-state index contributed by atoms with van der Waals surface area (Å²) >= 11 is 0. The molecule has 0 bridgehead atoms. The van der Waals surface area contributed by atoms with Crippen molar-refractivity contribution in [2.24, 2.45) is 28.6 Å². The summed E-state index contributed by atoms with van der Waals surface area (Å²) in [5, 5.41) is 21.2. The lowest BCUT2D eigenvalue weighted by molar-refractivity contribution is -0.104. The molecule has 2 N–H and O–H groups in total.